The number of halogens is 1. The Kier molecular flexibility index (Phi) is 2.83. The Morgan fingerprint density at radius 3 is 3.06 bits per heavy atom. The van der Waals surface area contributed by atoms with E-state index in [1.54, 1.807) is 6.92 Å². The minimum Gasteiger partial charge on any atom is -0.479 e. The third-order valence-corrected chi connectivity index (χ3v) is 4.05. The van der Waals surface area contributed by atoms with E-state index in [1.807, 2.05) is 23.6 Å². The van der Waals surface area contributed by atoms with E-state index in [2.05, 4.69) is 26.2 Å². The van der Waals surface area contributed by atoms with Gasteiger partial charge in [-0.1, -0.05) is 0 Å². The van der Waals surface area contributed by atoms with Gasteiger partial charge in [0.1, 0.15) is 5.75 Å². The van der Waals surface area contributed by atoms with Gasteiger partial charge in [0.2, 0.25) is 0 Å². The Labute approximate surface area is 116 Å². The fourth-order valence-electron chi connectivity index (χ4n) is 1.75. The molecule has 1 aliphatic heterocycles. The smallest absolute Gasteiger partial charge is 0.265 e. The predicted molar refractivity (Wildman–Crippen MR) is 74.0 cm³/mol. The first-order valence-corrected chi connectivity index (χ1v) is 7.04. The minimum absolute atomic E-state index is 0.126. The normalized spacial score (nSPS) is 17.9. The number of nitrogens with zero attached hydrogens (tertiary/aromatic N) is 1. The summed E-state index contributed by atoms with van der Waals surface area (Å²) < 4.78 is 6.34. The first-order chi connectivity index (χ1) is 8.63. The van der Waals surface area contributed by atoms with Gasteiger partial charge in [0.05, 0.1) is 11.4 Å². The highest BCUT2D eigenvalue weighted by molar-refractivity contribution is 9.11. The Bertz CT molecular complexity index is 626. The molecule has 1 aromatic heterocycles. The third kappa shape index (κ3) is 2.02. The minimum atomic E-state index is -0.447. The van der Waals surface area contributed by atoms with Crippen molar-refractivity contribution in [2.24, 2.45) is 0 Å². The van der Waals surface area contributed by atoms with Gasteiger partial charge in [-0.25, -0.2) is 4.98 Å². The molecule has 2 aromatic rings. The van der Waals surface area contributed by atoms with Crippen molar-refractivity contribution in [1.29, 1.82) is 0 Å². The molecule has 2 heterocycles. The van der Waals surface area contributed by atoms with Crippen LogP contribution in [0.25, 0.3) is 11.3 Å². The van der Waals surface area contributed by atoms with E-state index in [0.717, 1.165) is 15.2 Å². The topological polar surface area (TPSA) is 51.2 Å². The van der Waals surface area contributed by atoms with Gasteiger partial charge in [-0.3, -0.25) is 4.79 Å². The molecule has 0 spiro atoms. The molecule has 0 fully saturated rings. The molecule has 0 saturated carbocycles. The van der Waals surface area contributed by atoms with E-state index in [0.29, 0.717) is 11.4 Å². The van der Waals surface area contributed by atoms with Gasteiger partial charge < -0.3 is 10.1 Å². The second-order valence-corrected chi connectivity index (χ2v) is 6.08. The van der Waals surface area contributed by atoms with Crippen LogP contribution in [0.5, 0.6) is 5.75 Å². The summed E-state index contributed by atoms with van der Waals surface area (Å²) in [6.45, 7) is 1.73. The number of aromatic nitrogens is 1. The standard InChI is InChI=1S/C12H9BrN2O2S/c1-6-11(16)14-8-4-7(2-3-10(8)17-6)9-5-18-12(13)15-9/h2-6H,1H3,(H,14,16). The number of nitrogens with one attached hydrogen (secondary N) is 1. The Morgan fingerprint density at radius 1 is 1.50 bits per heavy atom. The van der Waals surface area contributed by atoms with Crippen molar-refractivity contribution < 1.29 is 9.53 Å². The molecule has 92 valence electrons. The van der Waals surface area contributed by atoms with E-state index in [-0.39, 0.29) is 5.91 Å². The zero-order chi connectivity index (χ0) is 12.7. The molecule has 6 heteroatoms. The second-order valence-electron chi connectivity index (χ2n) is 3.95. The van der Waals surface area contributed by atoms with Gasteiger partial charge in [-0.2, -0.15) is 0 Å². The monoisotopic (exact) mass is 324 g/mol. The molecule has 1 unspecified atom stereocenters. The van der Waals surface area contributed by atoms with Crippen molar-refractivity contribution in [3.8, 4) is 17.0 Å². The molecule has 1 amide bonds. The lowest BCUT2D eigenvalue weighted by Crippen LogP contribution is -2.34. The number of thiazole rings is 1. The van der Waals surface area contributed by atoms with Crippen LogP contribution in [0.4, 0.5) is 5.69 Å². The van der Waals surface area contributed by atoms with Crippen molar-refractivity contribution >= 4 is 38.9 Å². The molecule has 1 N–H and O–H groups in total. The summed E-state index contributed by atoms with van der Waals surface area (Å²) in [5.41, 5.74) is 2.52. The molecule has 0 bridgehead atoms. The summed E-state index contributed by atoms with van der Waals surface area (Å²) >= 11 is 4.86. The maximum Gasteiger partial charge on any atom is 0.265 e. The van der Waals surface area contributed by atoms with Crippen LogP contribution in [0.2, 0.25) is 0 Å². The number of anilines is 1. The molecule has 3 rings (SSSR count). The van der Waals surface area contributed by atoms with Crippen molar-refractivity contribution in [2.45, 2.75) is 13.0 Å². The molecular weight excluding hydrogens is 316 g/mol. The van der Waals surface area contributed by atoms with Gasteiger partial charge in [0.15, 0.2) is 10.0 Å². The molecule has 1 aromatic carbocycles. The molecule has 18 heavy (non-hydrogen) atoms. The first kappa shape index (κ1) is 11.7. The van der Waals surface area contributed by atoms with Crippen molar-refractivity contribution in [1.82, 2.24) is 4.98 Å². The largest absolute Gasteiger partial charge is 0.479 e. The molecule has 4 nitrogen and oxygen atoms in total. The lowest BCUT2D eigenvalue weighted by atomic mass is 10.1. The Balaban J connectivity index is 2.01. The number of hydrogen-bond acceptors (Lipinski definition) is 4. The molecule has 1 atom stereocenters. The Morgan fingerprint density at radius 2 is 2.33 bits per heavy atom. The number of benzene rings is 1. The highest BCUT2D eigenvalue weighted by atomic mass is 79.9. The average Bonchev–Trinajstić information content (AvgIpc) is 2.77. The van der Waals surface area contributed by atoms with E-state index in [4.69, 9.17) is 4.74 Å². The molecule has 0 saturated heterocycles. The number of carbonyl (C=O) groups excluding carboxylic acids is 1. The summed E-state index contributed by atoms with van der Waals surface area (Å²) in [5, 5.41) is 4.78. The second kappa shape index (κ2) is 4.37. The predicted octanol–water partition coefficient (Wildman–Crippen LogP) is 3.29. The highest BCUT2D eigenvalue weighted by Crippen LogP contribution is 2.34. The van der Waals surface area contributed by atoms with Gasteiger partial charge in [0.25, 0.3) is 5.91 Å². The average molecular weight is 325 g/mol. The fourth-order valence-corrected chi connectivity index (χ4v) is 2.77. The van der Waals surface area contributed by atoms with Gasteiger partial charge >= 0.3 is 0 Å². The maximum absolute atomic E-state index is 11.6. The van der Waals surface area contributed by atoms with Gasteiger partial charge in [-0.15, -0.1) is 11.3 Å². The van der Waals surface area contributed by atoms with E-state index in [9.17, 15) is 4.79 Å². The number of carbonyl (C=O) groups is 1. The lowest BCUT2D eigenvalue weighted by molar-refractivity contribution is -0.122. The summed E-state index contributed by atoms with van der Waals surface area (Å²) in [7, 11) is 0. The SMILES string of the molecule is CC1Oc2ccc(-c3csc(Br)n3)cc2NC1=O. The molecule has 0 aliphatic carbocycles. The molecular formula is C12H9BrN2O2S. The highest BCUT2D eigenvalue weighted by Gasteiger charge is 2.23. The van der Waals surface area contributed by atoms with Crippen molar-refractivity contribution in [2.75, 3.05) is 5.32 Å². The number of amides is 1. The van der Waals surface area contributed by atoms with Crippen LogP contribution in [-0.4, -0.2) is 17.0 Å². The number of rotatable bonds is 1. The van der Waals surface area contributed by atoms with Crippen LogP contribution < -0.4 is 10.1 Å². The number of fused-ring (bicyclic) bond motifs is 1. The van der Waals surface area contributed by atoms with Crippen LogP contribution >= 0.6 is 27.3 Å². The molecule has 1 aliphatic rings. The quantitative estimate of drug-likeness (QED) is 0.875. The van der Waals surface area contributed by atoms with Crippen LogP contribution in [0.15, 0.2) is 27.5 Å². The first-order valence-electron chi connectivity index (χ1n) is 5.36. The Hall–Kier alpha value is -1.40. The summed E-state index contributed by atoms with van der Waals surface area (Å²) in [4.78, 5) is 15.9. The summed E-state index contributed by atoms with van der Waals surface area (Å²) in [5.74, 6) is 0.569. The van der Waals surface area contributed by atoms with Crippen molar-refractivity contribution in [3.63, 3.8) is 0 Å². The van der Waals surface area contributed by atoms with Gasteiger partial charge in [0, 0.05) is 10.9 Å². The van der Waals surface area contributed by atoms with E-state index < -0.39 is 6.10 Å². The zero-order valence-electron chi connectivity index (χ0n) is 9.44. The van der Waals surface area contributed by atoms with Gasteiger partial charge in [-0.05, 0) is 41.1 Å². The fraction of sp³-hybridized carbons (Fsp3) is 0.167. The lowest BCUT2D eigenvalue weighted by Gasteiger charge is -2.23. The number of hydrogen-bond donors (Lipinski definition) is 1. The van der Waals surface area contributed by atoms with Crippen LogP contribution in [-0.2, 0) is 4.79 Å². The zero-order valence-corrected chi connectivity index (χ0v) is 11.8. The van der Waals surface area contributed by atoms with E-state index >= 15 is 0 Å². The van der Waals surface area contributed by atoms with E-state index in [1.165, 1.54) is 11.3 Å². The maximum atomic E-state index is 11.6. The van der Waals surface area contributed by atoms with Crippen LogP contribution in [0.1, 0.15) is 6.92 Å². The van der Waals surface area contributed by atoms with Crippen LogP contribution in [0, 0.1) is 0 Å². The van der Waals surface area contributed by atoms with Crippen LogP contribution in [0.3, 0.4) is 0 Å². The summed E-state index contributed by atoms with van der Waals surface area (Å²) in [6.07, 6.45) is -0.447. The third-order valence-electron chi connectivity index (χ3n) is 2.68. The van der Waals surface area contributed by atoms with Crippen molar-refractivity contribution in [3.05, 3.63) is 27.5 Å². The number of ether oxygens (including phenoxy) is 1. The summed E-state index contributed by atoms with van der Waals surface area (Å²) in [6, 6.07) is 5.67. The molecule has 0 radical (unpaired) electrons.